The second kappa shape index (κ2) is 9.51. The zero-order chi connectivity index (χ0) is 24.0. The molecule has 7 nitrogen and oxygen atoms in total. The first-order valence-corrected chi connectivity index (χ1v) is 16.3. The minimum atomic E-state index is 0.0377. The lowest BCUT2D eigenvalue weighted by Gasteiger charge is -2.14. The molecular formula is C24H25IN5O2PS. The van der Waals surface area contributed by atoms with Crippen molar-refractivity contribution >= 4 is 74.4 Å². The first-order valence-electron chi connectivity index (χ1n) is 11.0. The van der Waals surface area contributed by atoms with Gasteiger partial charge in [-0.25, -0.2) is 9.97 Å². The third-order valence-corrected chi connectivity index (χ3v) is 8.92. The summed E-state index contributed by atoms with van der Waals surface area (Å²) < 4.78 is 8.01. The number of halogens is 1. The number of carbonyl (C=O) groups excluding carboxylic acids is 1. The number of nitrogens with zero attached hydrogens (tertiary/aromatic N) is 3. The Labute approximate surface area is 217 Å². The molecule has 1 unspecified atom stereocenters. The van der Waals surface area contributed by atoms with Crippen LogP contribution in [0.2, 0.25) is 0 Å². The summed E-state index contributed by atoms with van der Waals surface area (Å²) in [5, 5.41) is 6.57. The van der Waals surface area contributed by atoms with E-state index in [0.29, 0.717) is 12.2 Å². The van der Waals surface area contributed by atoms with Crippen LogP contribution in [0.15, 0.2) is 39.6 Å². The van der Waals surface area contributed by atoms with Crippen LogP contribution in [0.3, 0.4) is 0 Å². The summed E-state index contributed by atoms with van der Waals surface area (Å²) in [6.45, 7) is 6.02. The molecule has 1 fully saturated rings. The van der Waals surface area contributed by atoms with Gasteiger partial charge in [-0.2, -0.15) is 0 Å². The SMILES string of the molecule is CSc1cc(-c2cc(C)c(C)o2)ccc1Nc1cc(NC(=O)C2CC2)nc2c1nc(C)n2PI. The number of fused-ring (bicyclic) bond motifs is 1. The molecule has 4 aromatic rings. The Kier molecular flexibility index (Phi) is 6.61. The number of aryl methyl sites for hydroxylation is 3. The summed E-state index contributed by atoms with van der Waals surface area (Å²) in [4.78, 5) is 23.0. The number of hydrogen-bond donors (Lipinski definition) is 2. The van der Waals surface area contributed by atoms with E-state index in [0.717, 1.165) is 68.7 Å². The zero-order valence-corrected chi connectivity index (χ0v) is 23.3. The standard InChI is InChI=1S/C24H25IN5O2PS/c1-12-9-19(32-13(12)2)16-7-8-17(20(10-16)34-4)27-18-11-21(29-24(31)15-5-6-15)28-23-22(18)26-14(3)30(23)33-25/h7-11,15,33H,5-6H2,1-4H3,(H2,27,28,29,31). The fourth-order valence-electron chi connectivity index (χ4n) is 3.80. The fourth-order valence-corrected chi connectivity index (χ4v) is 6.52. The summed E-state index contributed by atoms with van der Waals surface area (Å²) in [5.74, 6) is 3.39. The van der Waals surface area contributed by atoms with Crippen LogP contribution in [0.25, 0.3) is 22.5 Å². The highest BCUT2D eigenvalue weighted by atomic mass is 127. The molecule has 1 aliphatic rings. The third kappa shape index (κ3) is 4.57. The van der Waals surface area contributed by atoms with Crippen molar-refractivity contribution in [1.29, 1.82) is 0 Å². The molecule has 1 amide bonds. The van der Waals surface area contributed by atoms with Crippen LogP contribution in [-0.2, 0) is 4.79 Å². The largest absolute Gasteiger partial charge is 0.461 e. The van der Waals surface area contributed by atoms with Crippen LogP contribution in [0.5, 0.6) is 0 Å². The second-order valence-electron chi connectivity index (χ2n) is 8.46. The summed E-state index contributed by atoms with van der Waals surface area (Å²) in [6.07, 6.45) is 4.41. The summed E-state index contributed by atoms with van der Waals surface area (Å²) >= 11 is 4.00. The number of benzene rings is 1. The molecule has 1 atom stereocenters. The van der Waals surface area contributed by atoms with Crippen molar-refractivity contribution < 1.29 is 9.21 Å². The van der Waals surface area contributed by atoms with Gasteiger partial charge in [0.05, 0.1) is 17.7 Å². The highest BCUT2D eigenvalue weighted by Gasteiger charge is 2.30. The van der Waals surface area contributed by atoms with Gasteiger partial charge in [0.15, 0.2) is 5.65 Å². The molecular weight excluding hydrogens is 580 g/mol. The van der Waals surface area contributed by atoms with Gasteiger partial charge >= 0.3 is 0 Å². The van der Waals surface area contributed by atoms with E-state index in [1.54, 1.807) is 11.8 Å². The van der Waals surface area contributed by atoms with Crippen LogP contribution in [-0.4, -0.2) is 26.5 Å². The average Bonchev–Trinajstić information content (AvgIpc) is 3.55. The first-order chi connectivity index (χ1) is 16.4. The minimum absolute atomic E-state index is 0.0377. The lowest BCUT2D eigenvalue weighted by Crippen LogP contribution is -2.14. The van der Waals surface area contributed by atoms with Gasteiger partial charge in [0.25, 0.3) is 0 Å². The Hall–Kier alpha value is -2.10. The maximum atomic E-state index is 12.4. The highest BCUT2D eigenvalue weighted by Crippen LogP contribution is 2.39. The Bertz CT molecular complexity index is 1390. The van der Waals surface area contributed by atoms with Crippen LogP contribution < -0.4 is 10.6 Å². The van der Waals surface area contributed by atoms with Crippen molar-refractivity contribution in [2.24, 2.45) is 5.92 Å². The zero-order valence-electron chi connectivity index (χ0n) is 19.3. The molecule has 0 radical (unpaired) electrons. The van der Waals surface area contributed by atoms with Gasteiger partial charge in [-0.3, -0.25) is 9.13 Å². The van der Waals surface area contributed by atoms with Crippen LogP contribution in [0.1, 0.15) is 30.0 Å². The number of imidazole rings is 1. The van der Waals surface area contributed by atoms with Crippen molar-refractivity contribution in [3.63, 3.8) is 0 Å². The van der Waals surface area contributed by atoms with Crippen molar-refractivity contribution in [1.82, 2.24) is 14.3 Å². The molecule has 0 bridgehead atoms. The molecule has 1 aromatic carbocycles. The van der Waals surface area contributed by atoms with Gasteiger partial charge < -0.3 is 15.1 Å². The first kappa shape index (κ1) is 23.6. The molecule has 5 rings (SSSR count). The van der Waals surface area contributed by atoms with E-state index >= 15 is 0 Å². The predicted molar refractivity (Wildman–Crippen MR) is 150 cm³/mol. The van der Waals surface area contributed by atoms with Crippen molar-refractivity contribution in [3.8, 4) is 11.3 Å². The lowest BCUT2D eigenvalue weighted by molar-refractivity contribution is -0.117. The van der Waals surface area contributed by atoms with Gasteiger partial charge in [-0.1, -0.05) is 0 Å². The number of carbonyl (C=O) groups is 1. The van der Waals surface area contributed by atoms with Crippen molar-refractivity contribution in [2.45, 2.75) is 38.5 Å². The molecule has 1 saturated carbocycles. The van der Waals surface area contributed by atoms with Gasteiger partial charge in [-0.05, 0) is 91.7 Å². The molecule has 176 valence electrons. The van der Waals surface area contributed by atoms with E-state index in [4.69, 9.17) is 14.4 Å². The third-order valence-electron chi connectivity index (χ3n) is 5.99. The Morgan fingerprint density at radius 3 is 2.62 bits per heavy atom. The van der Waals surface area contributed by atoms with Crippen LogP contribution >= 0.6 is 40.2 Å². The normalized spacial score (nSPS) is 13.8. The molecule has 0 spiro atoms. The van der Waals surface area contributed by atoms with Crippen molar-refractivity contribution in [2.75, 3.05) is 16.9 Å². The van der Waals surface area contributed by atoms with Gasteiger partial charge in [-0.15, -0.1) is 11.8 Å². The fraction of sp³-hybridized carbons (Fsp3) is 0.292. The number of thioether (sulfide) groups is 1. The average molecular weight is 605 g/mol. The Balaban J connectivity index is 1.55. The number of pyridine rings is 1. The number of hydrogen-bond acceptors (Lipinski definition) is 6. The Morgan fingerprint density at radius 2 is 1.97 bits per heavy atom. The van der Waals surface area contributed by atoms with E-state index in [1.165, 1.54) is 0 Å². The van der Waals surface area contributed by atoms with E-state index in [9.17, 15) is 4.79 Å². The van der Waals surface area contributed by atoms with Gasteiger partial charge in [0, 0.05) is 22.4 Å². The van der Waals surface area contributed by atoms with E-state index < -0.39 is 0 Å². The smallest absolute Gasteiger partial charge is 0.228 e. The molecule has 1 aliphatic carbocycles. The monoisotopic (exact) mass is 605 g/mol. The van der Waals surface area contributed by atoms with Gasteiger partial charge in [0.1, 0.15) is 28.7 Å². The molecule has 34 heavy (non-hydrogen) atoms. The second-order valence-corrected chi connectivity index (χ2v) is 11.4. The molecule has 3 heterocycles. The van der Waals surface area contributed by atoms with E-state index in [2.05, 4.69) is 74.5 Å². The number of furan rings is 1. The molecule has 10 heteroatoms. The summed E-state index contributed by atoms with van der Waals surface area (Å²) in [5.41, 5.74) is 5.52. The molecule has 0 saturated heterocycles. The Morgan fingerprint density at radius 1 is 1.18 bits per heavy atom. The quantitative estimate of drug-likeness (QED) is 0.132. The highest BCUT2D eigenvalue weighted by molar-refractivity contribution is 14.2. The van der Waals surface area contributed by atoms with Crippen LogP contribution in [0, 0.1) is 26.7 Å². The molecule has 0 aliphatic heterocycles. The minimum Gasteiger partial charge on any atom is -0.461 e. The molecule has 3 aromatic heterocycles. The van der Waals surface area contributed by atoms with Crippen LogP contribution in [0.4, 0.5) is 17.2 Å². The summed E-state index contributed by atoms with van der Waals surface area (Å²) in [7, 11) is 0. The summed E-state index contributed by atoms with van der Waals surface area (Å²) in [6, 6.07) is 10.2. The number of anilines is 3. The maximum Gasteiger partial charge on any atom is 0.228 e. The number of rotatable bonds is 7. The number of amides is 1. The molecule has 2 N–H and O–H groups in total. The number of aromatic nitrogens is 3. The van der Waals surface area contributed by atoms with E-state index in [1.807, 2.05) is 19.9 Å². The van der Waals surface area contributed by atoms with Crippen molar-refractivity contribution in [3.05, 3.63) is 47.5 Å². The van der Waals surface area contributed by atoms with E-state index in [-0.39, 0.29) is 11.8 Å². The lowest BCUT2D eigenvalue weighted by atomic mass is 10.1. The predicted octanol–water partition coefficient (Wildman–Crippen LogP) is 7.22. The van der Waals surface area contributed by atoms with Gasteiger partial charge in [0.2, 0.25) is 5.91 Å². The topological polar surface area (TPSA) is 85.0 Å². The number of nitrogens with one attached hydrogen (secondary N) is 2. The maximum absolute atomic E-state index is 12.4.